The summed E-state index contributed by atoms with van der Waals surface area (Å²) in [5.74, 6) is -0.138. The number of hydrogen-bond acceptors (Lipinski definition) is 5. The Kier molecular flexibility index (Phi) is 6.99. The van der Waals surface area contributed by atoms with Gasteiger partial charge in [-0.2, -0.15) is 5.26 Å². The molecule has 2 unspecified atom stereocenters. The van der Waals surface area contributed by atoms with Gasteiger partial charge in [0.2, 0.25) is 6.41 Å². The first-order chi connectivity index (χ1) is 16.8. The smallest absolute Gasteiger partial charge is 0.335 e. The van der Waals surface area contributed by atoms with Gasteiger partial charge in [0.25, 0.3) is 0 Å². The van der Waals surface area contributed by atoms with Crippen LogP contribution in [0.4, 0.5) is 0 Å². The number of amidine groups is 1. The molecule has 7 nitrogen and oxygen atoms in total. The molecule has 0 fully saturated rings. The van der Waals surface area contributed by atoms with Gasteiger partial charge in [-0.3, -0.25) is 14.7 Å². The first kappa shape index (κ1) is 24.2. The van der Waals surface area contributed by atoms with E-state index in [0.717, 1.165) is 22.0 Å². The number of carbonyl (C=O) groups is 2. The highest BCUT2D eigenvalue weighted by atomic mass is 79.9. The molecule has 1 heterocycles. The number of aliphatic imine (C=N–C) groups is 1. The second-order valence-electron chi connectivity index (χ2n) is 8.32. The van der Waals surface area contributed by atoms with E-state index in [0.29, 0.717) is 22.7 Å². The largest absolute Gasteiger partial charge is 0.490 e. The number of aromatic carboxylic acids is 1. The van der Waals surface area contributed by atoms with E-state index in [9.17, 15) is 20.0 Å². The lowest BCUT2D eigenvalue weighted by Crippen LogP contribution is -2.31. The molecule has 0 spiro atoms. The minimum atomic E-state index is -1.01. The van der Waals surface area contributed by atoms with E-state index in [-0.39, 0.29) is 11.7 Å². The maximum atomic E-state index is 12.5. The molecule has 3 aromatic rings. The zero-order valence-corrected chi connectivity index (χ0v) is 20.6. The number of halogens is 1. The summed E-state index contributed by atoms with van der Waals surface area (Å²) in [6, 6.07) is 20.4. The number of nitrogens with zero attached hydrogens (tertiary/aromatic N) is 3. The maximum absolute atomic E-state index is 12.5. The number of carboxylic acids is 1. The van der Waals surface area contributed by atoms with Crippen molar-refractivity contribution in [2.45, 2.75) is 32.0 Å². The lowest BCUT2D eigenvalue weighted by atomic mass is 9.93. The van der Waals surface area contributed by atoms with Gasteiger partial charge in [0.05, 0.1) is 34.9 Å². The Labute approximate surface area is 211 Å². The third-order valence-electron chi connectivity index (χ3n) is 5.64. The van der Waals surface area contributed by atoms with Crippen molar-refractivity contribution >= 4 is 34.1 Å². The van der Waals surface area contributed by atoms with Crippen LogP contribution in [-0.2, 0) is 4.79 Å². The number of amides is 1. The fourth-order valence-electron chi connectivity index (χ4n) is 4.09. The minimum Gasteiger partial charge on any atom is -0.490 e. The summed E-state index contributed by atoms with van der Waals surface area (Å²) in [7, 11) is 0. The van der Waals surface area contributed by atoms with Crippen molar-refractivity contribution in [2.75, 3.05) is 0 Å². The highest BCUT2D eigenvalue weighted by molar-refractivity contribution is 9.10. The molecule has 8 heteroatoms. The van der Waals surface area contributed by atoms with Crippen LogP contribution < -0.4 is 4.74 Å². The SMILES string of the molecule is CC(C)Oc1cc(C#N)ccc1C1=NC(c2ccc(C(=O)O)cc2)C(c2ccc(Br)cc2)N1C=O. The predicted molar refractivity (Wildman–Crippen MR) is 134 cm³/mol. The third kappa shape index (κ3) is 4.96. The number of rotatable bonds is 7. The Morgan fingerprint density at radius 2 is 1.77 bits per heavy atom. The quantitative estimate of drug-likeness (QED) is 0.405. The first-order valence-corrected chi connectivity index (χ1v) is 11.7. The number of carbonyl (C=O) groups excluding carboxylic acids is 1. The minimum absolute atomic E-state index is 0.156. The normalized spacial score (nSPS) is 17.1. The zero-order chi connectivity index (χ0) is 25.1. The van der Waals surface area contributed by atoms with E-state index in [4.69, 9.17) is 9.73 Å². The summed E-state index contributed by atoms with van der Waals surface area (Å²) >= 11 is 3.45. The summed E-state index contributed by atoms with van der Waals surface area (Å²) in [5.41, 5.74) is 2.83. The molecule has 0 saturated carbocycles. The van der Waals surface area contributed by atoms with E-state index >= 15 is 0 Å². The molecule has 0 aromatic heterocycles. The highest BCUT2D eigenvalue weighted by Gasteiger charge is 2.39. The molecule has 2 atom stereocenters. The fraction of sp³-hybridized carbons (Fsp3) is 0.185. The average molecular weight is 532 g/mol. The van der Waals surface area contributed by atoms with Crippen molar-refractivity contribution in [1.29, 1.82) is 5.26 Å². The lowest BCUT2D eigenvalue weighted by molar-refractivity contribution is -0.116. The topological polar surface area (TPSA) is 103 Å². The first-order valence-electron chi connectivity index (χ1n) is 10.9. The number of nitriles is 1. The molecule has 1 N–H and O–H groups in total. The summed E-state index contributed by atoms with van der Waals surface area (Å²) in [6.45, 7) is 3.77. The number of hydrogen-bond donors (Lipinski definition) is 1. The van der Waals surface area contributed by atoms with Crippen LogP contribution in [0, 0.1) is 11.3 Å². The van der Waals surface area contributed by atoms with Gasteiger partial charge in [0, 0.05) is 4.47 Å². The van der Waals surface area contributed by atoms with Crippen molar-refractivity contribution in [3.05, 3.63) is 99.0 Å². The molecule has 0 bridgehead atoms. The molecule has 35 heavy (non-hydrogen) atoms. The van der Waals surface area contributed by atoms with Gasteiger partial charge >= 0.3 is 5.97 Å². The van der Waals surface area contributed by atoms with Gasteiger partial charge in [-0.15, -0.1) is 0 Å². The summed E-state index contributed by atoms with van der Waals surface area (Å²) in [4.78, 5) is 30.3. The Balaban J connectivity index is 1.88. The van der Waals surface area contributed by atoms with Crippen molar-refractivity contribution < 1.29 is 19.4 Å². The predicted octanol–water partition coefficient (Wildman–Crippen LogP) is 5.51. The number of ether oxygens (including phenoxy) is 1. The van der Waals surface area contributed by atoms with Crippen LogP contribution in [0.25, 0.3) is 0 Å². The lowest BCUT2D eigenvalue weighted by Gasteiger charge is -2.27. The number of carboxylic acid groups (broad SMARTS) is 1. The Bertz CT molecular complexity index is 1330. The standard InChI is InChI=1S/C27H22BrN3O4/c1-16(2)35-23-13-17(14-29)3-12-22(23)26-30-24(18-4-6-20(7-5-18)27(33)34)25(31(26)15-32)19-8-10-21(28)11-9-19/h3-13,15-16,24-25H,1-2H3,(H,33,34). The zero-order valence-electron chi connectivity index (χ0n) is 19.1. The van der Waals surface area contributed by atoms with Crippen molar-refractivity contribution in [2.24, 2.45) is 4.99 Å². The van der Waals surface area contributed by atoms with Crippen LogP contribution >= 0.6 is 15.9 Å². The molecule has 1 aliphatic rings. The molecule has 1 amide bonds. The molecule has 0 radical (unpaired) electrons. The van der Waals surface area contributed by atoms with Crippen LogP contribution in [0.1, 0.15) is 58.5 Å². The van der Waals surface area contributed by atoms with Gasteiger partial charge in [-0.05, 0) is 67.4 Å². The van der Waals surface area contributed by atoms with Crippen LogP contribution in [0.2, 0.25) is 0 Å². The molecule has 0 saturated heterocycles. The van der Waals surface area contributed by atoms with Gasteiger partial charge < -0.3 is 9.84 Å². The van der Waals surface area contributed by atoms with Crippen molar-refractivity contribution in [1.82, 2.24) is 4.90 Å². The van der Waals surface area contributed by atoms with E-state index < -0.39 is 18.1 Å². The number of benzene rings is 3. The molecular formula is C27H22BrN3O4. The van der Waals surface area contributed by atoms with Crippen LogP contribution in [0.3, 0.4) is 0 Å². The van der Waals surface area contributed by atoms with Gasteiger partial charge in [-0.25, -0.2) is 4.79 Å². The van der Waals surface area contributed by atoms with Crippen LogP contribution in [0.5, 0.6) is 5.75 Å². The van der Waals surface area contributed by atoms with Crippen molar-refractivity contribution in [3.8, 4) is 11.8 Å². The fourth-order valence-corrected chi connectivity index (χ4v) is 4.35. The highest BCUT2D eigenvalue weighted by Crippen LogP contribution is 2.44. The summed E-state index contributed by atoms with van der Waals surface area (Å²) in [5, 5.41) is 18.7. The molecule has 3 aromatic carbocycles. The molecule has 4 rings (SSSR count). The molecule has 1 aliphatic heterocycles. The van der Waals surface area contributed by atoms with Gasteiger partial charge in [0.1, 0.15) is 17.6 Å². The van der Waals surface area contributed by atoms with Crippen molar-refractivity contribution in [3.63, 3.8) is 0 Å². The molecule has 0 aliphatic carbocycles. The Hall–Kier alpha value is -3.96. The second-order valence-corrected chi connectivity index (χ2v) is 9.24. The van der Waals surface area contributed by atoms with E-state index in [1.807, 2.05) is 38.1 Å². The Morgan fingerprint density at radius 1 is 1.11 bits per heavy atom. The van der Waals surface area contributed by atoms with E-state index in [2.05, 4.69) is 22.0 Å². The second kappa shape index (κ2) is 10.1. The summed E-state index contributed by atoms with van der Waals surface area (Å²) < 4.78 is 6.89. The average Bonchev–Trinajstić information content (AvgIpc) is 3.23. The van der Waals surface area contributed by atoms with Crippen LogP contribution in [0.15, 0.2) is 76.2 Å². The molecule has 176 valence electrons. The van der Waals surface area contributed by atoms with E-state index in [1.54, 1.807) is 35.2 Å². The Morgan fingerprint density at radius 3 is 2.34 bits per heavy atom. The molecular weight excluding hydrogens is 510 g/mol. The van der Waals surface area contributed by atoms with Gasteiger partial charge in [0.15, 0.2) is 0 Å². The monoisotopic (exact) mass is 531 g/mol. The van der Waals surface area contributed by atoms with Gasteiger partial charge in [-0.1, -0.05) is 40.2 Å². The third-order valence-corrected chi connectivity index (χ3v) is 6.17. The summed E-state index contributed by atoms with van der Waals surface area (Å²) in [6.07, 6.45) is 0.588. The van der Waals surface area contributed by atoms with E-state index in [1.165, 1.54) is 12.1 Å². The van der Waals surface area contributed by atoms with Crippen LogP contribution in [-0.4, -0.2) is 34.3 Å². The maximum Gasteiger partial charge on any atom is 0.335 e.